The average Bonchev–Trinajstić information content (AvgIpc) is 3.31. The number of nitrogens with zero attached hydrogens (tertiary/aromatic N) is 4. The molecule has 8 heteroatoms. The second kappa shape index (κ2) is 8.69. The lowest BCUT2D eigenvalue weighted by Gasteiger charge is -2.56. The van der Waals surface area contributed by atoms with Gasteiger partial charge < -0.3 is 19.5 Å². The molecule has 31 heavy (non-hydrogen) atoms. The quantitative estimate of drug-likeness (QED) is 0.715. The number of hydrogen-bond acceptors (Lipinski definition) is 6. The molecule has 0 radical (unpaired) electrons. The van der Waals surface area contributed by atoms with Crippen LogP contribution in [-0.4, -0.2) is 58.4 Å². The van der Waals surface area contributed by atoms with Gasteiger partial charge in [0.05, 0.1) is 12.5 Å². The summed E-state index contributed by atoms with van der Waals surface area (Å²) in [6.07, 6.45) is 11.8. The number of aromatic nitrogens is 2. The molecule has 1 N–H and O–H groups in total. The second-order valence-corrected chi connectivity index (χ2v) is 8.90. The van der Waals surface area contributed by atoms with Gasteiger partial charge in [0.1, 0.15) is 17.6 Å². The van der Waals surface area contributed by atoms with E-state index in [9.17, 15) is 9.59 Å². The highest BCUT2D eigenvalue weighted by Crippen LogP contribution is 2.42. The molecule has 0 saturated carbocycles. The lowest BCUT2D eigenvalue weighted by molar-refractivity contribution is -0.156. The van der Waals surface area contributed by atoms with E-state index >= 15 is 0 Å². The van der Waals surface area contributed by atoms with Gasteiger partial charge in [0.25, 0.3) is 0 Å². The highest BCUT2D eigenvalue weighted by Gasteiger charge is 2.52. The third kappa shape index (κ3) is 4.03. The predicted octanol–water partition coefficient (Wildman–Crippen LogP) is 2.02. The van der Waals surface area contributed by atoms with E-state index in [1.807, 2.05) is 17.0 Å². The van der Waals surface area contributed by atoms with Crippen molar-refractivity contribution in [1.29, 1.82) is 0 Å². The Kier molecular flexibility index (Phi) is 5.61. The minimum atomic E-state index is -0.405. The summed E-state index contributed by atoms with van der Waals surface area (Å²) < 4.78 is 5.37. The first-order chi connectivity index (χ1) is 15.2. The first-order valence-electron chi connectivity index (χ1n) is 11.3. The van der Waals surface area contributed by atoms with Crippen molar-refractivity contribution in [3.63, 3.8) is 0 Å². The number of amides is 2. The summed E-state index contributed by atoms with van der Waals surface area (Å²) in [5.74, 6) is 2.36. The largest absolute Gasteiger partial charge is 0.469 e. The molecule has 5 rings (SSSR count). The van der Waals surface area contributed by atoms with Crippen molar-refractivity contribution in [1.82, 2.24) is 20.2 Å². The van der Waals surface area contributed by atoms with E-state index in [1.54, 1.807) is 24.9 Å². The highest BCUT2D eigenvalue weighted by molar-refractivity contribution is 5.89. The van der Waals surface area contributed by atoms with Gasteiger partial charge in [0.2, 0.25) is 11.8 Å². The van der Waals surface area contributed by atoms with E-state index < -0.39 is 6.04 Å². The second-order valence-electron chi connectivity index (χ2n) is 8.90. The van der Waals surface area contributed by atoms with Gasteiger partial charge >= 0.3 is 0 Å². The van der Waals surface area contributed by atoms with E-state index in [2.05, 4.69) is 20.2 Å². The molecule has 8 nitrogen and oxygen atoms in total. The van der Waals surface area contributed by atoms with Crippen LogP contribution in [-0.2, 0) is 16.0 Å². The molecule has 3 aliphatic heterocycles. The van der Waals surface area contributed by atoms with Crippen LogP contribution in [0, 0.1) is 11.8 Å². The van der Waals surface area contributed by atoms with Crippen molar-refractivity contribution in [3.05, 3.63) is 42.7 Å². The normalized spacial score (nSPS) is 27.7. The molecule has 2 bridgehead atoms. The van der Waals surface area contributed by atoms with Gasteiger partial charge in [-0.15, -0.1) is 0 Å². The smallest absolute Gasteiger partial charge is 0.243 e. The van der Waals surface area contributed by atoms with Crippen LogP contribution in [0.3, 0.4) is 0 Å². The Hall–Kier alpha value is -2.90. The number of carbonyl (C=O) groups excluding carboxylic acids is 2. The number of aryl methyl sites for hydroxylation is 1. The first-order valence-corrected chi connectivity index (χ1v) is 11.3. The van der Waals surface area contributed by atoms with Crippen LogP contribution in [0.5, 0.6) is 0 Å². The van der Waals surface area contributed by atoms with Crippen LogP contribution in [0.4, 0.5) is 5.82 Å². The van der Waals surface area contributed by atoms with Gasteiger partial charge in [-0.25, -0.2) is 4.98 Å². The van der Waals surface area contributed by atoms with E-state index in [1.165, 1.54) is 0 Å². The Labute approximate surface area is 182 Å². The van der Waals surface area contributed by atoms with Crippen LogP contribution >= 0.6 is 0 Å². The number of rotatable bonds is 6. The Morgan fingerprint density at radius 3 is 2.97 bits per heavy atom. The van der Waals surface area contributed by atoms with E-state index in [4.69, 9.17) is 4.42 Å². The van der Waals surface area contributed by atoms with Gasteiger partial charge in [0.15, 0.2) is 0 Å². The summed E-state index contributed by atoms with van der Waals surface area (Å²) in [6.45, 7) is 2.16. The van der Waals surface area contributed by atoms with Crippen molar-refractivity contribution in [2.45, 2.75) is 50.6 Å². The van der Waals surface area contributed by atoms with Crippen molar-refractivity contribution in [2.24, 2.45) is 11.8 Å². The predicted molar refractivity (Wildman–Crippen MR) is 114 cm³/mol. The van der Waals surface area contributed by atoms with Crippen LogP contribution in [0.15, 0.2) is 41.4 Å². The monoisotopic (exact) mass is 423 g/mol. The fourth-order valence-electron chi connectivity index (χ4n) is 5.67. The van der Waals surface area contributed by atoms with Crippen LogP contribution in [0.1, 0.15) is 37.9 Å². The highest BCUT2D eigenvalue weighted by atomic mass is 16.3. The van der Waals surface area contributed by atoms with Crippen molar-refractivity contribution in [2.75, 3.05) is 24.5 Å². The number of nitrogens with one attached hydrogen (secondary N) is 1. The molecule has 0 spiro atoms. The summed E-state index contributed by atoms with van der Waals surface area (Å²) in [6, 6.07) is 3.55. The van der Waals surface area contributed by atoms with Gasteiger partial charge in [-0.1, -0.05) is 0 Å². The van der Waals surface area contributed by atoms with Gasteiger partial charge in [0, 0.05) is 56.8 Å². The summed E-state index contributed by atoms with van der Waals surface area (Å²) >= 11 is 0. The third-order valence-electron chi connectivity index (χ3n) is 6.96. The molecular formula is C23H29N5O3. The third-order valence-corrected chi connectivity index (χ3v) is 6.96. The van der Waals surface area contributed by atoms with Crippen LogP contribution < -0.4 is 10.2 Å². The molecule has 0 aromatic carbocycles. The van der Waals surface area contributed by atoms with Crippen LogP contribution in [0.25, 0.3) is 0 Å². The SMILES string of the molecule is O=C(NCCCc1ccco1)[C@H]1[C@H]2C[C@H](CN(c3cnccn3)C2)[C@@H]2CCCC(=O)N21. The molecule has 2 aromatic rings. The molecule has 164 valence electrons. The molecular weight excluding hydrogens is 394 g/mol. The zero-order valence-corrected chi connectivity index (χ0v) is 17.7. The van der Waals surface area contributed by atoms with Crippen LogP contribution in [0.2, 0.25) is 0 Å². The fourth-order valence-corrected chi connectivity index (χ4v) is 5.67. The summed E-state index contributed by atoms with van der Waals surface area (Å²) in [5.41, 5.74) is 0. The molecule has 3 saturated heterocycles. The standard InChI is InChI=1S/C23H29N5O3/c29-21-7-1-6-19-16-12-17(15-27(14-16)20-13-24-9-10-25-20)22(28(19)21)23(30)26-8-2-4-18-5-3-11-31-18/h3,5,9-11,13,16-17,19,22H,1-2,4,6-8,12,14-15H2,(H,26,30)/t16-,17+,19+,22-/m1/s1. The average molecular weight is 424 g/mol. The van der Waals surface area contributed by atoms with Gasteiger partial charge in [-0.2, -0.15) is 0 Å². The number of carbonyl (C=O) groups is 2. The summed E-state index contributed by atoms with van der Waals surface area (Å²) in [7, 11) is 0. The molecule has 3 fully saturated rings. The van der Waals surface area contributed by atoms with Crippen molar-refractivity contribution < 1.29 is 14.0 Å². The molecule has 2 aromatic heterocycles. The Morgan fingerprint density at radius 1 is 1.26 bits per heavy atom. The molecule has 2 amide bonds. The molecule has 4 atom stereocenters. The molecule has 0 unspecified atom stereocenters. The zero-order valence-electron chi connectivity index (χ0n) is 17.7. The minimum absolute atomic E-state index is 0.0239. The van der Waals surface area contributed by atoms with E-state index in [-0.39, 0.29) is 23.8 Å². The zero-order chi connectivity index (χ0) is 21.2. The molecule has 0 aliphatic carbocycles. The number of piperidine rings is 3. The Balaban J connectivity index is 1.31. The summed E-state index contributed by atoms with van der Waals surface area (Å²) in [5, 5.41) is 3.11. The first kappa shape index (κ1) is 20.0. The van der Waals surface area contributed by atoms with Crippen molar-refractivity contribution in [3.8, 4) is 0 Å². The fraction of sp³-hybridized carbons (Fsp3) is 0.565. The summed E-state index contributed by atoms with van der Waals surface area (Å²) in [4.78, 5) is 39.1. The van der Waals surface area contributed by atoms with E-state index in [0.717, 1.165) is 56.8 Å². The lowest BCUT2D eigenvalue weighted by atomic mass is 9.71. The maximum Gasteiger partial charge on any atom is 0.243 e. The molecule has 3 aliphatic rings. The number of hydrogen-bond donors (Lipinski definition) is 1. The van der Waals surface area contributed by atoms with Gasteiger partial charge in [-0.3, -0.25) is 14.6 Å². The number of furan rings is 1. The van der Waals surface area contributed by atoms with E-state index in [0.29, 0.717) is 18.9 Å². The number of anilines is 1. The molecule has 5 heterocycles. The Morgan fingerprint density at radius 2 is 2.16 bits per heavy atom. The minimum Gasteiger partial charge on any atom is -0.469 e. The number of fused-ring (bicyclic) bond motifs is 4. The topological polar surface area (TPSA) is 91.6 Å². The lowest BCUT2D eigenvalue weighted by Crippen LogP contribution is -2.68. The maximum absolute atomic E-state index is 13.3. The van der Waals surface area contributed by atoms with Gasteiger partial charge in [-0.05, 0) is 43.7 Å². The maximum atomic E-state index is 13.3. The Bertz CT molecular complexity index is 903. The van der Waals surface area contributed by atoms with Crippen molar-refractivity contribution >= 4 is 17.6 Å².